The Labute approximate surface area is 155 Å². The first kappa shape index (κ1) is 16.8. The molecule has 0 unspecified atom stereocenters. The van der Waals surface area contributed by atoms with E-state index < -0.39 is 5.97 Å². The molecule has 0 bridgehead atoms. The fourth-order valence-corrected chi connectivity index (χ4v) is 3.23. The van der Waals surface area contributed by atoms with Crippen molar-refractivity contribution in [1.29, 1.82) is 0 Å². The number of carbonyl (C=O) groups excluding carboxylic acids is 1. The van der Waals surface area contributed by atoms with E-state index in [1.54, 1.807) is 24.5 Å². The lowest BCUT2D eigenvalue weighted by Crippen LogP contribution is -2.27. The second-order valence-electron chi connectivity index (χ2n) is 6.27. The lowest BCUT2D eigenvalue weighted by atomic mass is 10.1. The first-order chi connectivity index (χ1) is 13.1. The molecule has 134 valence electrons. The summed E-state index contributed by atoms with van der Waals surface area (Å²) in [4.78, 5) is 27.6. The summed E-state index contributed by atoms with van der Waals surface area (Å²) in [5.74, 6) is -1.09. The Hall–Kier alpha value is -3.67. The molecular formula is C21H17N3O3. The number of fused-ring (bicyclic) bond motifs is 3. The minimum Gasteiger partial charge on any atom is -0.478 e. The average molecular weight is 359 g/mol. The molecule has 27 heavy (non-hydrogen) atoms. The molecule has 0 radical (unpaired) electrons. The molecule has 0 spiro atoms. The van der Waals surface area contributed by atoms with Crippen LogP contribution in [0.15, 0.2) is 67.0 Å². The SMILES string of the molecule is O=C(Cn1c2ccccc2c2ccncc21)NCc1ccc(C(=O)O)cc1. The van der Waals surface area contributed by atoms with Gasteiger partial charge >= 0.3 is 5.97 Å². The molecule has 4 rings (SSSR count). The number of aromatic nitrogens is 2. The van der Waals surface area contributed by atoms with Crippen molar-refractivity contribution in [2.45, 2.75) is 13.1 Å². The highest BCUT2D eigenvalue weighted by atomic mass is 16.4. The summed E-state index contributed by atoms with van der Waals surface area (Å²) in [6, 6.07) is 16.4. The number of carboxylic acids is 1. The zero-order valence-electron chi connectivity index (χ0n) is 14.4. The fraction of sp³-hybridized carbons (Fsp3) is 0.0952. The van der Waals surface area contributed by atoms with Gasteiger partial charge in [0.1, 0.15) is 6.54 Å². The molecule has 0 aliphatic carbocycles. The predicted molar refractivity (Wildman–Crippen MR) is 102 cm³/mol. The average Bonchev–Trinajstić information content (AvgIpc) is 3.01. The number of para-hydroxylation sites is 1. The van der Waals surface area contributed by atoms with Gasteiger partial charge in [0.05, 0.1) is 17.3 Å². The van der Waals surface area contributed by atoms with E-state index >= 15 is 0 Å². The van der Waals surface area contributed by atoms with E-state index in [0.29, 0.717) is 6.54 Å². The number of carbonyl (C=O) groups is 2. The number of nitrogens with zero attached hydrogens (tertiary/aromatic N) is 2. The van der Waals surface area contributed by atoms with Crippen molar-refractivity contribution in [3.8, 4) is 0 Å². The van der Waals surface area contributed by atoms with Crippen LogP contribution in [-0.4, -0.2) is 26.5 Å². The predicted octanol–water partition coefficient (Wildman–Crippen LogP) is 3.20. The van der Waals surface area contributed by atoms with Crippen molar-refractivity contribution in [3.05, 3.63) is 78.1 Å². The van der Waals surface area contributed by atoms with E-state index in [9.17, 15) is 9.59 Å². The molecule has 2 aromatic heterocycles. The number of rotatable bonds is 5. The Morgan fingerprint density at radius 2 is 1.70 bits per heavy atom. The van der Waals surface area contributed by atoms with E-state index in [0.717, 1.165) is 27.4 Å². The van der Waals surface area contributed by atoms with Crippen molar-refractivity contribution in [2.75, 3.05) is 0 Å². The van der Waals surface area contributed by atoms with E-state index in [-0.39, 0.29) is 18.0 Å². The fourth-order valence-electron chi connectivity index (χ4n) is 3.23. The summed E-state index contributed by atoms with van der Waals surface area (Å²) in [5, 5.41) is 14.0. The van der Waals surface area contributed by atoms with Gasteiger partial charge in [-0.15, -0.1) is 0 Å². The number of benzene rings is 2. The number of aromatic carboxylic acids is 1. The molecule has 2 heterocycles. The number of hydrogen-bond acceptors (Lipinski definition) is 3. The van der Waals surface area contributed by atoms with E-state index in [2.05, 4.69) is 10.3 Å². The minimum absolute atomic E-state index is 0.121. The van der Waals surface area contributed by atoms with Gasteiger partial charge in [0.25, 0.3) is 0 Å². The van der Waals surface area contributed by atoms with Gasteiger partial charge in [-0.05, 0) is 29.8 Å². The standard InChI is InChI=1S/C21H17N3O3/c25-20(23-11-14-5-7-15(8-6-14)21(26)27)13-24-18-4-2-1-3-16(18)17-9-10-22-12-19(17)24/h1-10,12H,11,13H2,(H,23,25)(H,26,27). The molecule has 6 heteroatoms. The van der Waals surface area contributed by atoms with Gasteiger partial charge in [-0.25, -0.2) is 4.79 Å². The Kier molecular flexibility index (Phi) is 4.30. The number of hydrogen-bond donors (Lipinski definition) is 2. The van der Waals surface area contributed by atoms with Crippen molar-refractivity contribution in [1.82, 2.24) is 14.9 Å². The van der Waals surface area contributed by atoms with Crippen LogP contribution in [0.25, 0.3) is 21.8 Å². The second kappa shape index (κ2) is 6.92. The van der Waals surface area contributed by atoms with Crippen LogP contribution in [0, 0.1) is 0 Å². The maximum atomic E-state index is 12.5. The Balaban J connectivity index is 1.53. The van der Waals surface area contributed by atoms with Crippen LogP contribution in [0.5, 0.6) is 0 Å². The lowest BCUT2D eigenvalue weighted by molar-refractivity contribution is -0.121. The number of carboxylic acid groups (broad SMARTS) is 1. The van der Waals surface area contributed by atoms with E-state index in [1.807, 2.05) is 34.9 Å². The van der Waals surface area contributed by atoms with Crippen LogP contribution in [0.2, 0.25) is 0 Å². The largest absolute Gasteiger partial charge is 0.478 e. The van der Waals surface area contributed by atoms with Gasteiger partial charge in [0, 0.05) is 29.0 Å². The normalized spacial score (nSPS) is 11.0. The van der Waals surface area contributed by atoms with Gasteiger partial charge in [-0.3, -0.25) is 9.78 Å². The second-order valence-corrected chi connectivity index (χ2v) is 6.27. The summed E-state index contributed by atoms with van der Waals surface area (Å²) in [5.41, 5.74) is 2.97. The Morgan fingerprint density at radius 1 is 0.963 bits per heavy atom. The number of nitrogens with one attached hydrogen (secondary N) is 1. The Bertz CT molecular complexity index is 1090. The summed E-state index contributed by atoms with van der Waals surface area (Å²) >= 11 is 0. The first-order valence-corrected chi connectivity index (χ1v) is 8.53. The quantitative estimate of drug-likeness (QED) is 0.573. The van der Waals surface area contributed by atoms with E-state index in [1.165, 1.54) is 12.1 Å². The van der Waals surface area contributed by atoms with Gasteiger partial charge < -0.3 is 15.0 Å². The van der Waals surface area contributed by atoms with Crippen LogP contribution in [0.4, 0.5) is 0 Å². The third-order valence-electron chi connectivity index (χ3n) is 4.57. The van der Waals surface area contributed by atoms with Crippen LogP contribution in [0.3, 0.4) is 0 Å². The molecule has 1 amide bonds. The zero-order chi connectivity index (χ0) is 18.8. The summed E-state index contributed by atoms with van der Waals surface area (Å²) in [6.45, 7) is 0.525. The first-order valence-electron chi connectivity index (χ1n) is 8.53. The molecule has 0 aliphatic heterocycles. The molecule has 0 saturated heterocycles. The van der Waals surface area contributed by atoms with E-state index in [4.69, 9.17) is 5.11 Å². The molecule has 0 fully saturated rings. The third kappa shape index (κ3) is 3.25. The Morgan fingerprint density at radius 3 is 2.48 bits per heavy atom. The molecule has 0 atom stereocenters. The molecule has 2 N–H and O–H groups in total. The van der Waals surface area contributed by atoms with Crippen molar-refractivity contribution in [2.24, 2.45) is 0 Å². The van der Waals surface area contributed by atoms with Crippen molar-refractivity contribution < 1.29 is 14.7 Å². The third-order valence-corrected chi connectivity index (χ3v) is 4.57. The minimum atomic E-state index is -0.967. The smallest absolute Gasteiger partial charge is 0.335 e. The highest BCUT2D eigenvalue weighted by Crippen LogP contribution is 2.27. The van der Waals surface area contributed by atoms with Crippen molar-refractivity contribution >= 4 is 33.7 Å². The summed E-state index contributed by atoms with van der Waals surface area (Å²) in [6.07, 6.45) is 3.52. The molecule has 6 nitrogen and oxygen atoms in total. The molecular weight excluding hydrogens is 342 g/mol. The van der Waals surface area contributed by atoms with Gasteiger partial charge in [-0.1, -0.05) is 30.3 Å². The molecule has 0 aliphatic rings. The highest BCUT2D eigenvalue weighted by molar-refractivity contribution is 6.08. The monoisotopic (exact) mass is 359 g/mol. The molecule has 2 aromatic carbocycles. The lowest BCUT2D eigenvalue weighted by Gasteiger charge is -2.09. The van der Waals surface area contributed by atoms with Gasteiger partial charge in [-0.2, -0.15) is 0 Å². The van der Waals surface area contributed by atoms with Crippen LogP contribution < -0.4 is 5.32 Å². The highest BCUT2D eigenvalue weighted by Gasteiger charge is 2.13. The number of amides is 1. The van der Waals surface area contributed by atoms with Crippen molar-refractivity contribution in [3.63, 3.8) is 0 Å². The molecule has 0 saturated carbocycles. The molecule has 4 aromatic rings. The van der Waals surface area contributed by atoms with Crippen LogP contribution in [0.1, 0.15) is 15.9 Å². The van der Waals surface area contributed by atoms with Crippen LogP contribution >= 0.6 is 0 Å². The van der Waals surface area contributed by atoms with Crippen LogP contribution in [-0.2, 0) is 17.9 Å². The maximum Gasteiger partial charge on any atom is 0.335 e. The van der Waals surface area contributed by atoms with Gasteiger partial charge in [0.15, 0.2) is 0 Å². The summed E-state index contributed by atoms with van der Waals surface area (Å²) < 4.78 is 1.96. The zero-order valence-corrected chi connectivity index (χ0v) is 14.4. The maximum absolute atomic E-state index is 12.5. The summed E-state index contributed by atoms with van der Waals surface area (Å²) in [7, 11) is 0. The van der Waals surface area contributed by atoms with Gasteiger partial charge in [0.2, 0.25) is 5.91 Å². The number of pyridine rings is 1. The topological polar surface area (TPSA) is 84.2 Å².